The lowest BCUT2D eigenvalue weighted by Crippen LogP contribution is -2.19. The van der Waals surface area contributed by atoms with Crippen molar-refractivity contribution in [3.05, 3.63) is 63.2 Å². The molecule has 0 saturated carbocycles. The maximum Gasteiger partial charge on any atom is 0.276 e. The first-order valence-corrected chi connectivity index (χ1v) is 8.26. The van der Waals surface area contributed by atoms with Crippen LogP contribution in [0.1, 0.15) is 16.7 Å². The summed E-state index contributed by atoms with van der Waals surface area (Å²) in [5, 5.41) is 25.6. The molecule has 9 heteroatoms. The normalized spacial score (nSPS) is 11.6. The Balaban J connectivity index is 2.23. The maximum absolute atomic E-state index is 12.2. The molecule has 24 heavy (non-hydrogen) atoms. The molecule has 2 rings (SSSR count). The summed E-state index contributed by atoms with van der Waals surface area (Å²) >= 11 is 0. The van der Waals surface area contributed by atoms with Crippen molar-refractivity contribution in [1.29, 1.82) is 0 Å². The number of nitrogens with one attached hydrogen (secondary N) is 1. The lowest BCUT2D eigenvalue weighted by Gasteiger charge is -2.08. The van der Waals surface area contributed by atoms with E-state index in [0.717, 1.165) is 23.9 Å². The van der Waals surface area contributed by atoms with E-state index in [1.54, 1.807) is 26.0 Å². The predicted octanol–water partition coefficient (Wildman–Crippen LogP) is 1.60. The lowest BCUT2D eigenvalue weighted by molar-refractivity contribution is -0.398. The largest absolute Gasteiger partial charge is 0.868 e. The van der Waals surface area contributed by atoms with E-state index >= 15 is 0 Å². The second-order valence-corrected chi connectivity index (χ2v) is 6.74. The van der Waals surface area contributed by atoms with Gasteiger partial charge in [0.25, 0.3) is 15.7 Å². The van der Waals surface area contributed by atoms with E-state index in [2.05, 4.69) is 5.10 Å². The fraction of sp³-hybridized carbons (Fsp3) is 0.133. The minimum absolute atomic E-state index is 0.0977. The second-order valence-electron chi connectivity index (χ2n) is 5.11. The van der Waals surface area contributed by atoms with Gasteiger partial charge in [0.2, 0.25) is 0 Å². The van der Waals surface area contributed by atoms with Crippen LogP contribution < -0.4 is 9.94 Å². The van der Waals surface area contributed by atoms with Crippen molar-refractivity contribution in [3.63, 3.8) is 0 Å². The molecule has 2 aromatic carbocycles. The predicted molar refractivity (Wildman–Crippen MR) is 86.4 cm³/mol. The topological polar surface area (TPSA) is 125 Å². The van der Waals surface area contributed by atoms with Crippen molar-refractivity contribution < 1.29 is 18.4 Å². The third-order valence-electron chi connectivity index (χ3n) is 3.20. The Morgan fingerprint density at radius 1 is 1.17 bits per heavy atom. The molecule has 0 aliphatic heterocycles. The summed E-state index contributed by atoms with van der Waals surface area (Å²) in [6.07, 6.45) is 1.09. The zero-order chi connectivity index (χ0) is 17.9. The number of hydrogen-bond donors (Lipinski definition) is 1. The molecule has 0 fully saturated rings. The first-order valence-electron chi connectivity index (χ1n) is 6.78. The fourth-order valence-electron chi connectivity index (χ4n) is 1.97. The van der Waals surface area contributed by atoms with E-state index in [4.69, 9.17) is 0 Å². The Morgan fingerprint density at radius 2 is 1.88 bits per heavy atom. The van der Waals surface area contributed by atoms with E-state index in [-0.39, 0.29) is 10.5 Å². The smallest absolute Gasteiger partial charge is 0.276 e. The van der Waals surface area contributed by atoms with Crippen LogP contribution in [0.2, 0.25) is 0 Å². The zero-order valence-corrected chi connectivity index (χ0v) is 13.7. The summed E-state index contributed by atoms with van der Waals surface area (Å²) in [6.45, 7) is 3.43. The minimum Gasteiger partial charge on any atom is -0.868 e. The van der Waals surface area contributed by atoms with Gasteiger partial charge in [0.05, 0.1) is 16.0 Å². The standard InChI is InChI=1S/C15H15N3O5S/c1-10-3-4-11(2)15(7-10)24(22,23)17-16-9-12-5-6-14(19)13(8-12)18(20)21/h3-9,17,19H,1-2H3/p-1/b16-9-. The molecule has 0 saturated heterocycles. The van der Waals surface area contributed by atoms with Crippen LogP contribution in [0.3, 0.4) is 0 Å². The molecular formula is C15H14N3O5S-. The number of rotatable bonds is 5. The summed E-state index contributed by atoms with van der Waals surface area (Å²) in [5.41, 5.74) is 0.975. The van der Waals surface area contributed by atoms with E-state index in [0.29, 0.717) is 5.56 Å². The SMILES string of the molecule is Cc1ccc(C)c(S(=O)(=O)N/N=C\c2ccc([O-])c([N+](=O)[O-])c2)c1. The van der Waals surface area contributed by atoms with Crippen LogP contribution in [0.4, 0.5) is 5.69 Å². The molecule has 1 N–H and O–H groups in total. The number of hydrogen-bond acceptors (Lipinski definition) is 6. The van der Waals surface area contributed by atoms with Crippen LogP contribution in [0, 0.1) is 24.0 Å². The van der Waals surface area contributed by atoms with E-state index < -0.39 is 26.4 Å². The third-order valence-corrected chi connectivity index (χ3v) is 4.56. The molecule has 0 bridgehead atoms. The van der Waals surface area contributed by atoms with Crippen LogP contribution in [0.15, 0.2) is 46.4 Å². The molecule has 0 unspecified atom stereocenters. The summed E-state index contributed by atoms with van der Waals surface area (Å²) in [5.74, 6) is -0.729. The molecule has 0 aliphatic carbocycles. The van der Waals surface area contributed by atoms with Gasteiger partial charge in [-0.1, -0.05) is 24.3 Å². The van der Waals surface area contributed by atoms with Gasteiger partial charge < -0.3 is 5.11 Å². The Kier molecular flexibility index (Phi) is 4.84. The zero-order valence-electron chi connectivity index (χ0n) is 12.9. The van der Waals surface area contributed by atoms with Crippen LogP contribution in [0.5, 0.6) is 5.75 Å². The average Bonchev–Trinajstić information content (AvgIpc) is 2.50. The molecule has 0 spiro atoms. The van der Waals surface area contributed by atoms with E-state index in [1.165, 1.54) is 12.1 Å². The van der Waals surface area contributed by atoms with Crippen LogP contribution in [-0.2, 0) is 10.0 Å². The molecular weight excluding hydrogens is 334 g/mol. The number of aryl methyl sites for hydroxylation is 2. The molecule has 0 amide bonds. The van der Waals surface area contributed by atoms with Crippen LogP contribution in [-0.4, -0.2) is 19.6 Å². The highest BCUT2D eigenvalue weighted by molar-refractivity contribution is 7.89. The summed E-state index contributed by atoms with van der Waals surface area (Å²) in [7, 11) is -3.86. The highest BCUT2D eigenvalue weighted by atomic mass is 32.2. The first kappa shape index (κ1) is 17.4. The highest BCUT2D eigenvalue weighted by Gasteiger charge is 2.15. The lowest BCUT2D eigenvalue weighted by atomic mass is 10.2. The molecule has 8 nitrogen and oxygen atoms in total. The molecule has 2 aromatic rings. The van der Waals surface area contributed by atoms with Crippen molar-refractivity contribution in [2.75, 3.05) is 0 Å². The van der Waals surface area contributed by atoms with Gasteiger partial charge in [-0.2, -0.15) is 13.5 Å². The summed E-state index contributed by atoms with van der Waals surface area (Å²) < 4.78 is 24.5. The van der Waals surface area contributed by atoms with E-state index in [9.17, 15) is 23.6 Å². The second kappa shape index (κ2) is 6.67. The summed E-state index contributed by atoms with van der Waals surface area (Å²) in [6, 6.07) is 8.36. The molecule has 0 radical (unpaired) electrons. The molecule has 0 aliphatic rings. The Morgan fingerprint density at radius 3 is 2.54 bits per heavy atom. The minimum atomic E-state index is -3.86. The number of sulfonamides is 1. The number of hydrazone groups is 1. The number of nitro groups is 1. The van der Waals surface area contributed by atoms with Gasteiger partial charge in [0, 0.05) is 11.6 Å². The number of nitro benzene ring substituents is 1. The van der Waals surface area contributed by atoms with Crippen molar-refractivity contribution in [2.45, 2.75) is 18.7 Å². The quantitative estimate of drug-likeness (QED) is 0.499. The highest BCUT2D eigenvalue weighted by Crippen LogP contribution is 2.23. The average molecular weight is 348 g/mol. The summed E-state index contributed by atoms with van der Waals surface area (Å²) in [4.78, 5) is 12.1. The monoisotopic (exact) mass is 348 g/mol. The third kappa shape index (κ3) is 3.87. The maximum atomic E-state index is 12.2. The van der Waals surface area contributed by atoms with Gasteiger partial charge in [-0.3, -0.25) is 10.1 Å². The van der Waals surface area contributed by atoms with Crippen molar-refractivity contribution in [1.82, 2.24) is 4.83 Å². The molecule has 0 atom stereocenters. The van der Waals surface area contributed by atoms with Gasteiger partial charge in [0.1, 0.15) is 0 Å². The molecule has 126 valence electrons. The molecule has 0 aromatic heterocycles. The van der Waals surface area contributed by atoms with Gasteiger partial charge in [-0.25, -0.2) is 4.83 Å². The van der Waals surface area contributed by atoms with Gasteiger partial charge in [-0.05, 0) is 36.8 Å². The van der Waals surface area contributed by atoms with Gasteiger partial charge >= 0.3 is 0 Å². The van der Waals surface area contributed by atoms with Crippen molar-refractivity contribution in [2.24, 2.45) is 5.10 Å². The number of benzene rings is 2. The van der Waals surface area contributed by atoms with Crippen molar-refractivity contribution in [3.8, 4) is 5.75 Å². The Labute approximate surface area is 138 Å². The molecule has 0 heterocycles. The first-order chi connectivity index (χ1) is 11.2. The number of nitrogens with zero attached hydrogens (tertiary/aromatic N) is 2. The Bertz CT molecular complexity index is 923. The van der Waals surface area contributed by atoms with E-state index in [1.807, 2.05) is 4.83 Å². The van der Waals surface area contributed by atoms with Gasteiger partial charge in [0.15, 0.2) is 0 Å². The fourth-order valence-corrected chi connectivity index (χ4v) is 3.10. The van der Waals surface area contributed by atoms with Crippen molar-refractivity contribution >= 4 is 21.9 Å². The van der Waals surface area contributed by atoms with Crippen LogP contribution >= 0.6 is 0 Å². The Hall–Kier alpha value is -2.94. The van der Waals surface area contributed by atoms with Crippen LogP contribution in [0.25, 0.3) is 0 Å². The van der Waals surface area contributed by atoms with Gasteiger partial charge in [-0.15, -0.1) is 0 Å².